The minimum absolute atomic E-state index is 0.00251. The largest absolute Gasteiger partial charge is 0.465 e. The molecule has 0 spiro atoms. The van der Waals surface area contributed by atoms with E-state index in [0.29, 0.717) is 49.2 Å². The van der Waals surface area contributed by atoms with Crippen LogP contribution in [0.15, 0.2) is 47.5 Å². The van der Waals surface area contributed by atoms with Crippen molar-refractivity contribution in [1.82, 2.24) is 19.0 Å². The Morgan fingerprint density at radius 2 is 1.82 bits per heavy atom. The Kier molecular flexibility index (Phi) is 7.17. The number of esters is 1. The number of hydrogen-bond donors (Lipinski definition) is 1. The van der Waals surface area contributed by atoms with Gasteiger partial charge in [-0.1, -0.05) is 0 Å². The summed E-state index contributed by atoms with van der Waals surface area (Å²) in [5.74, 6) is -3.44. The Hall–Kier alpha value is -4.12. The van der Waals surface area contributed by atoms with Gasteiger partial charge in [0.1, 0.15) is 17.3 Å². The van der Waals surface area contributed by atoms with Crippen LogP contribution in [0.1, 0.15) is 40.4 Å². The Bertz CT molecular complexity index is 1600. The Balaban J connectivity index is 1.36. The van der Waals surface area contributed by atoms with Gasteiger partial charge in [-0.3, -0.25) is 14.3 Å². The van der Waals surface area contributed by atoms with Gasteiger partial charge >= 0.3 is 5.97 Å². The maximum absolute atomic E-state index is 14.8. The Morgan fingerprint density at radius 3 is 2.46 bits per heavy atom. The van der Waals surface area contributed by atoms with Crippen LogP contribution in [0.25, 0.3) is 16.7 Å². The predicted molar refractivity (Wildman–Crippen MR) is 141 cm³/mol. The molecule has 0 bridgehead atoms. The molecule has 11 heteroatoms. The molecule has 3 aromatic heterocycles. The number of benzene rings is 1. The van der Waals surface area contributed by atoms with Gasteiger partial charge in [0.15, 0.2) is 0 Å². The van der Waals surface area contributed by atoms with Crippen LogP contribution in [-0.4, -0.2) is 52.2 Å². The van der Waals surface area contributed by atoms with Gasteiger partial charge in [-0.2, -0.15) is 4.39 Å². The minimum atomic E-state index is -0.864. The van der Waals surface area contributed by atoms with Crippen molar-refractivity contribution < 1.29 is 22.7 Å². The van der Waals surface area contributed by atoms with Crippen molar-refractivity contribution in [3.8, 4) is 5.69 Å². The van der Waals surface area contributed by atoms with E-state index in [1.54, 1.807) is 19.3 Å². The maximum Gasteiger partial charge on any atom is 0.338 e. The van der Waals surface area contributed by atoms with Crippen molar-refractivity contribution in [2.75, 3.05) is 32.6 Å². The first-order valence-electron chi connectivity index (χ1n) is 12.6. The molecule has 204 valence electrons. The van der Waals surface area contributed by atoms with Crippen LogP contribution in [0.5, 0.6) is 0 Å². The summed E-state index contributed by atoms with van der Waals surface area (Å²) in [5.41, 5.74) is 1.32. The highest BCUT2D eigenvalue weighted by Crippen LogP contribution is 2.33. The van der Waals surface area contributed by atoms with Crippen LogP contribution in [-0.2, 0) is 18.3 Å². The van der Waals surface area contributed by atoms with Crippen molar-refractivity contribution in [2.45, 2.75) is 25.3 Å². The highest BCUT2D eigenvalue weighted by atomic mass is 19.1. The summed E-state index contributed by atoms with van der Waals surface area (Å²) in [5, 5.41) is 3.38. The molecule has 0 amide bonds. The number of rotatable bonds is 6. The number of fused-ring (bicyclic) bond motifs is 1. The van der Waals surface area contributed by atoms with Gasteiger partial charge in [-0.15, -0.1) is 0 Å². The topological polar surface area (TPSA) is 81.4 Å². The number of anilines is 1. The summed E-state index contributed by atoms with van der Waals surface area (Å²) in [6.45, 7) is 1.79. The molecule has 1 N–H and O–H groups in total. The second kappa shape index (κ2) is 10.6. The number of nitrogens with zero attached hydrogens (tertiary/aromatic N) is 4. The van der Waals surface area contributed by atoms with Crippen LogP contribution >= 0.6 is 0 Å². The maximum atomic E-state index is 14.8. The number of likely N-dealkylation sites (tertiary alicyclic amines) is 1. The van der Waals surface area contributed by atoms with Gasteiger partial charge in [0.05, 0.1) is 24.0 Å². The van der Waals surface area contributed by atoms with Crippen molar-refractivity contribution in [3.05, 3.63) is 87.4 Å². The fourth-order valence-electron chi connectivity index (χ4n) is 5.33. The van der Waals surface area contributed by atoms with Crippen LogP contribution in [0, 0.1) is 17.5 Å². The van der Waals surface area contributed by atoms with Gasteiger partial charge in [-0.05, 0) is 62.2 Å². The van der Waals surface area contributed by atoms with Crippen LogP contribution in [0.4, 0.5) is 18.9 Å². The third-order valence-electron chi connectivity index (χ3n) is 7.45. The number of piperidine rings is 1. The average molecular weight is 540 g/mol. The van der Waals surface area contributed by atoms with E-state index in [0.717, 1.165) is 24.9 Å². The molecule has 0 saturated carbocycles. The molecule has 0 radical (unpaired) electrons. The summed E-state index contributed by atoms with van der Waals surface area (Å²) in [7, 11) is 4.59. The highest BCUT2D eigenvalue weighted by Gasteiger charge is 2.28. The smallest absolute Gasteiger partial charge is 0.338 e. The molecular weight excluding hydrogens is 511 g/mol. The predicted octanol–water partition coefficient (Wildman–Crippen LogP) is 4.35. The molecule has 0 unspecified atom stereocenters. The molecule has 0 aliphatic carbocycles. The van der Waals surface area contributed by atoms with E-state index < -0.39 is 29.0 Å². The third-order valence-corrected chi connectivity index (χ3v) is 7.45. The highest BCUT2D eigenvalue weighted by molar-refractivity contribution is 5.89. The van der Waals surface area contributed by atoms with Crippen LogP contribution in [0.2, 0.25) is 0 Å². The molecule has 5 rings (SSSR count). The lowest BCUT2D eigenvalue weighted by Gasteiger charge is -2.32. The number of nitrogens with one attached hydrogen (secondary N) is 1. The zero-order chi connectivity index (χ0) is 27.8. The normalized spacial score (nSPS) is 14.6. The molecule has 1 aromatic carbocycles. The van der Waals surface area contributed by atoms with E-state index in [1.165, 1.54) is 16.8 Å². The number of halogens is 3. The van der Waals surface area contributed by atoms with E-state index >= 15 is 0 Å². The first-order chi connectivity index (χ1) is 18.7. The first-order valence-corrected chi connectivity index (χ1v) is 12.6. The number of ether oxygens (including phenoxy) is 1. The number of carbonyl (C=O) groups is 1. The van der Waals surface area contributed by atoms with E-state index in [9.17, 15) is 22.8 Å². The van der Waals surface area contributed by atoms with E-state index in [-0.39, 0.29) is 22.7 Å². The molecule has 8 nitrogen and oxygen atoms in total. The summed E-state index contributed by atoms with van der Waals surface area (Å²) in [6.07, 6.45) is 4.20. The lowest BCUT2D eigenvalue weighted by molar-refractivity contribution is 0.0599. The molecule has 4 aromatic rings. The quantitative estimate of drug-likeness (QED) is 0.367. The molecule has 39 heavy (non-hydrogen) atoms. The zero-order valence-electron chi connectivity index (χ0n) is 21.8. The van der Waals surface area contributed by atoms with Crippen molar-refractivity contribution in [3.63, 3.8) is 0 Å². The number of pyridine rings is 2. The SMILES string of the molecule is CNc1ccn(-c2ccnc3c2cc(CN2CCC(c4c(F)cc(C(=O)OC)cc4F)CC2)n3C)c(=O)c1F. The standard InChI is InChI=1S/C28H28F3N5O3/c1-32-22-7-11-36(27(37)25(22)31)23-4-8-33-26-19(23)14-18(34(26)2)15-35-9-5-16(6-10-35)24-20(29)12-17(13-21(24)30)28(38)39-3/h4,7-8,11-14,16,32H,5-6,9-10,15H2,1-3H3. The molecule has 4 heterocycles. The summed E-state index contributed by atoms with van der Waals surface area (Å²) >= 11 is 0. The van der Waals surface area contributed by atoms with Crippen LogP contribution in [0.3, 0.4) is 0 Å². The molecule has 1 aliphatic heterocycles. The average Bonchev–Trinajstić information content (AvgIpc) is 3.25. The van der Waals surface area contributed by atoms with Gasteiger partial charge in [-0.25, -0.2) is 18.6 Å². The number of methoxy groups -OCH3 is 1. The number of aromatic nitrogens is 3. The summed E-state index contributed by atoms with van der Waals surface area (Å²) in [6, 6.07) is 7.17. The summed E-state index contributed by atoms with van der Waals surface area (Å²) in [4.78, 5) is 31.0. The monoisotopic (exact) mass is 539 g/mol. The zero-order valence-corrected chi connectivity index (χ0v) is 21.8. The number of hydrogen-bond acceptors (Lipinski definition) is 6. The van der Waals surface area contributed by atoms with Crippen LogP contribution < -0.4 is 10.9 Å². The molecule has 1 aliphatic rings. The van der Waals surface area contributed by atoms with Crippen molar-refractivity contribution >= 4 is 22.7 Å². The second-order valence-corrected chi connectivity index (χ2v) is 9.63. The molecule has 1 fully saturated rings. The van der Waals surface area contributed by atoms with Crippen molar-refractivity contribution in [2.24, 2.45) is 7.05 Å². The Labute approximate surface area is 222 Å². The fourth-order valence-corrected chi connectivity index (χ4v) is 5.33. The lowest BCUT2D eigenvalue weighted by atomic mass is 9.88. The van der Waals surface area contributed by atoms with E-state index in [1.807, 2.05) is 17.7 Å². The van der Waals surface area contributed by atoms with Gasteiger partial charge < -0.3 is 14.6 Å². The Morgan fingerprint density at radius 1 is 1.13 bits per heavy atom. The molecular formula is C28H28F3N5O3. The first kappa shape index (κ1) is 26.5. The third kappa shape index (κ3) is 4.78. The van der Waals surface area contributed by atoms with Gasteiger partial charge in [0, 0.05) is 49.7 Å². The van der Waals surface area contributed by atoms with Crippen molar-refractivity contribution in [1.29, 1.82) is 0 Å². The number of aryl methyl sites for hydroxylation is 1. The van der Waals surface area contributed by atoms with E-state index in [2.05, 4.69) is 19.9 Å². The minimum Gasteiger partial charge on any atom is -0.465 e. The second-order valence-electron chi connectivity index (χ2n) is 9.63. The van der Waals surface area contributed by atoms with Gasteiger partial charge in [0.25, 0.3) is 5.56 Å². The van der Waals surface area contributed by atoms with Gasteiger partial charge in [0.2, 0.25) is 5.82 Å². The number of carbonyl (C=O) groups excluding carboxylic acids is 1. The fraction of sp³-hybridized carbons (Fsp3) is 0.321. The molecule has 1 saturated heterocycles. The molecule has 0 atom stereocenters. The lowest BCUT2D eigenvalue weighted by Crippen LogP contribution is -2.33. The van der Waals surface area contributed by atoms with E-state index in [4.69, 9.17) is 0 Å². The summed E-state index contributed by atoms with van der Waals surface area (Å²) < 4.78 is 51.8.